The van der Waals surface area contributed by atoms with Crippen LogP contribution in [0.1, 0.15) is 46.5 Å². The Morgan fingerprint density at radius 2 is 1.76 bits per heavy atom. The fourth-order valence-corrected chi connectivity index (χ4v) is 2.71. The molecule has 3 nitrogen and oxygen atoms in total. The van der Waals surface area contributed by atoms with Crippen LogP contribution in [0.4, 0.5) is 0 Å². The molecule has 0 heterocycles. The average molecular weight is 240 g/mol. The number of hydrogen-bond donors (Lipinski definition) is 2. The molecule has 0 aromatic carbocycles. The summed E-state index contributed by atoms with van der Waals surface area (Å²) in [5, 5.41) is 5.88. The molecule has 1 aliphatic rings. The minimum atomic E-state index is 0.0772. The highest BCUT2D eigenvalue weighted by Crippen LogP contribution is 2.39. The van der Waals surface area contributed by atoms with E-state index in [1.807, 2.05) is 0 Å². The summed E-state index contributed by atoms with van der Waals surface area (Å²) < 4.78 is 0. The lowest BCUT2D eigenvalue weighted by Gasteiger charge is -2.37. The van der Waals surface area contributed by atoms with Crippen molar-refractivity contribution in [3.05, 3.63) is 0 Å². The van der Waals surface area contributed by atoms with E-state index < -0.39 is 0 Å². The van der Waals surface area contributed by atoms with E-state index in [9.17, 15) is 4.79 Å². The van der Waals surface area contributed by atoms with Gasteiger partial charge in [-0.1, -0.05) is 20.8 Å². The number of rotatable bonds is 4. The molecule has 2 N–H and O–H groups in total. The molecule has 0 saturated heterocycles. The molecule has 1 fully saturated rings. The highest BCUT2D eigenvalue weighted by atomic mass is 16.1. The summed E-state index contributed by atoms with van der Waals surface area (Å²) in [6.45, 7) is 8.49. The van der Waals surface area contributed by atoms with Crippen molar-refractivity contribution in [2.24, 2.45) is 17.3 Å². The molecule has 0 aromatic rings. The van der Waals surface area contributed by atoms with Gasteiger partial charge in [-0.15, -0.1) is 0 Å². The van der Waals surface area contributed by atoms with Crippen LogP contribution in [0, 0.1) is 17.3 Å². The van der Waals surface area contributed by atoms with Crippen molar-refractivity contribution in [3.63, 3.8) is 0 Å². The van der Waals surface area contributed by atoms with Crippen molar-refractivity contribution >= 4 is 5.91 Å². The zero-order valence-corrected chi connectivity index (χ0v) is 11.8. The normalized spacial score (nSPS) is 25.6. The molecule has 0 atom stereocenters. The third-order valence-electron chi connectivity index (χ3n) is 4.07. The van der Waals surface area contributed by atoms with Crippen molar-refractivity contribution in [1.29, 1.82) is 0 Å². The molecule has 0 unspecified atom stereocenters. The first-order valence-corrected chi connectivity index (χ1v) is 6.84. The number of amides is 1. The van der Waals surface area contributed by atoms with E-state index in [-0.39, 0.29) is 5.91 Å². The van der Waals surface area contributed by atoms with Crippen LogP contribution >= 0.6 is 0 Å². The maximum Gasteiger partial charge on any atom is 0.233 e. The Balaban J connectivity index is 2.17. The predicted molar refractivity (Wildman–Crippen MR) is 71.8 cm³/mol. The molecule has 1 rings (SSSR count). The molecule has 100 valence electrons. The second kappa shape index (κ2) is 6.39. The topological polar surface area (TPSA) is 41.1 Å². The van der Waals surface area contributed by atoms with Gasteiger partial charge in [0.25, 0.3) is 0 Å². The van der Waals surface area contributed by atoms with Crippen LogP contribution in [0.5, 0.6) is 0 Å². The quantitative estimate of drug-likeness (QED) is 0.791. The Morgan fingerprint density at radius 1 is 1.18 bits per heavy atom. The zero-order chi connectivity index (χ0) is 12.9. The van der Waals surface area contributed by atoms with Crippen molar-refractivity contribution < 1.29 is 4.79 Å². The second-order valence-corrected chi connectivity index (χ2v) is 6.39. The molecule has 0 radical (unpaired) electrons. The summed E-state index contributed by atoms with van der Waals surface area (Å²) in [6, 6.07) is 0. The molecule has 1 aliphatic carbocycles. The number of carbonyl (C=O) groups excluding carboxylic acids is 1. The van der Waals surface area contributed by atoms with E-state index >= 15 is 0 Å². The molecule has 0 aliphatic heterocycles. The molecule has 1 amide bonds. The molecular weight excluding hydrogens is 212 g/mol. The maximum atomic E-state index is 11.1. The van der Waals surface area contributed by atoms with Crippen molar-refractivity contribution in [2.75, 3.05) is 20.1 Å². The highest BCUT2D eigenvalue weighted by Gasteiger charge is 2.29. The Hall–Kier alpha value is -0.570. The fraction of sp³-hybridized carbons (Fsp3) is 0.929. The number of carbonyl (C=O) groups is 1. The molecule has 1 saturated carbocycles. The van der Waals surface area contributed by atoms with Gasteiger partial charge in [-0.05, 0) is 49.5 Å². The summed E-state index contributed by atoms with van der Waals surface area (Å²) >= 11 is 0. The molecule has 0 aromatic heterocycles. The number of nitrogens with one attached hydrogen (secondary N) is 2. The monoisotopic (exact) mass is 240 g/mol. The van der Waals surface area contributed by atoms with Gasteiger partial charge in [-0.25, -0.2) is 0 Å². The van der Waals surface area contributed by atoms with E-state index in [1.54, 1.807) is 7.05 Å². The molecule has 3 heteroatoms. The summed E-state index contributed by atoms with van der Waals surface area (Å²) in [5.74, 6) is 1.71. The van der Waals surface area contributed by atoms with Gasteiger partial charge in [0, 0.05) is 7.05 Å². The first-order valence-electron chi connectivity index (χ1n) is 6.84. The lowest BCUT2D eigenvalue weighted by Crippen LogP contribution is -2.36. The fourth-order valence-electron chi connectivity index (χ4n) is 2.71. The van der Waals surface area contributed by atoms with Gasteiger partial charge >= 0.3 is 0 Å². The van der Waals surface area contributed by atoms with Gasteiger partial charge in [0.1, 0.15) is 0 Å². The van der Waals surface area contributed by atoms with Crippen LogP contribution in [-0.4, -0.2) is 26.0 Å². The van der Waals surface area contributed by atoms with Crippen LogP contribution in [0.3, 0.4) is 0 Å². The van der Waals surface area contributed by atoms with Crippen LogP contribution < -0.4 is 10.6 Å². The molecule has 0 bridgehead atoms. The lowest BCUT2D eigenvalue weighted by atomic mass is 9.70. The number of likely N-dealkylation sites (N-methyl/N-ethyl adjacent to an activating group) is 1. The minimum absolute atomic E-state index is 0.0772. The average Bonchev–Trinajstić information content (AvgIpc) is 2.28. The van der Waals surface area contributed by atoms with Crippen molar-refractivity contribution in [2.45, 2.75) is 46.5 Å². The van der Waals surface area contributed by atoms with E-state index in [0.29, 0.717) is 12.0 Å². The lowest BCUT2D eigenvalue weighted by molar-refractivity contribution is -0.119. The van der Waals surface area contributed by atoms with Crippen LogP contribution in [0.25, 0.3) is 0 Å². The second-order valence-electron chi connectivity index (χ2n) is 6.39. The summed E-state index contributed by atoms with van der Waals surface area (Å²) in [5.41, 5.74) is 0.459. The SMILES string of the molecule is CNC(=O)CNCC1CCC(C(C)(C)C)CC1. The predicted octanol–water partition coefficient (Wildman–Crippen LogP) is 2.17. The van der Waals surface area contributed by atoms with E-state index in [4.69, 9.17) is 0 Å². The Labute approximate surface area is 106 Å². The van der Waals surface area contributed by atoms with Gasteiger partial charge in [-0.2, -0.15) is 0 Å². The first kappa shape index (κ1) is 14.5. The standard InChI is InChI=1S/C14H28N2O/c1-14(2,3)12-7-5-11(6-8-12)9-16-10-13(17)15-4/h11-12,16H,5-10H2,1-4H3,(H,15,17). The first-order chi connectivity index (χ1) is 7.93. The van der Waals surface area contributed by atoms with Crippen LogP contribution in [0.15, 0.2) is 0 Å². The van der Waals surface area contributed by atoms with Gasteiger partial charge < -0.3 is 10.6 Å². The van der Waals surface area contributed by atoms with Gasteiger partial charge in [0.15, 0.2) is 0 Å². The smallest absolute Gasteiger partial charge is 0.233 e. The van der Waals surface area contributed by atoms with E-state index in [2.05, 4.69) is 31.4 Å². The van der Waals surface area contributed by atoms with Gasteiger partial charge in [0.05, 0.1) is 6.54 Å². The zero-order valence-electron chi connectivity index (χ0n) is 11.8. The highest BCUT2D eigenvalue weighted by molar-refractivity contribution is 5.77. The molecule has 17 heavy (non-hydrogen) atoms. The number of hydrogen-bond acceptors (Lipinski definition) is 2. The third kappa shape index (κ3) is 5.07. The largest absolute Gasteiger partial charge is 0.358 e. The van der Waals surface area contributed by atoms with Gasteiger partial charge in [-0.3, -0.25) is 4.79 Å². The molecule has 0 spiro atoms. The van der Waals surface area contributed by atoms with Crippen molar-refractivity contribution in [1.82, 2.24) is 10.6 Å². The summed E-state index contributed by atoms with van der Waals surface area (Å²) in [6.07, 6.45) is 5.30. The minimum Gasteiger partial charge on any atom is -0.358 e. The Kier molecular flexibility index (Phi) is 5.44. The van der Waals surface area contributed by atoms with E-state index in [0.717, 1.165) is 18.4 Å². The van der Waals surface area contributed by atoms with Crippen LogP contribution in [0.2, 0.25) is 0 Å². The molecular formula is C14H28N2O. The summed E-state index contributed by atoms with van der Waals surface area (Å²) in [4.78, 5) is 11.1. The Morgan fingerprint density at radius 3 is 2.24 bits per heavy atom. The Bertz CT molecular complexity index is 237. The van der Waals surface area contributed by atoms with Crippen LogP contribution in [-0.2, 0) is 4.79 Å². The summed E-state index contributed by atoms with van der Waals surface area (Å²) in [7, 11) is 1.68. The van der Waals surface area contributed by atoms with Crippen molar-refractivity contribution in [3.8, 4) is 0 Å². The van der Waals surface area contributed by atoms with E-state index in [1.165, 1.54) is 25.7 Å². The van der Waals surface area contributed by atoms with Gasteiger partial charge in [0.2, 0.25) is 5.91 Å². The maximum absolute atomic E-state index is 11.1. The third-order valence-corrected chi connectivity index (χ3v) is 4.07.